The third kappa shape index (κ3) is 3.36. The van der Waals surface area contributed by atoms with Crippen molar-refractivity contribution in [2.75, 3.05) is 19.5 Å². The van der Waals surface area contributed by atoms with Gasteiger partial charge in [0.15, 0.2) is 0 Å². The van der Waals surface area contributed by atoms with Gasteiger partial charge < -0.3 is 9.47 Å². The van der Waals surface area contributed by atoms with Crippen molar-refractivity contribution in [2.24, 2.45) is 0 Å². The van der Waals surface area contributed by atoms with E-state index in [2.05, 4.69) is 15.5 Å². The minimum absolute atomic E-state index is 0.332. The van der Waals surface area contributed by atoms with Gasteiger partial charge in [0.05, 0.1) is 19.8 Å². The van der Waals surface area contributed by atoms with Gasteiger partial charge in [0.2, 0.25) is 5.13 Å². The van der Waals surface area contributed by atoms with Gasteiger partial charge in [-0.3, -0.25) is 10.1 Å². The Morgan fingerprint density at radius 2 is 1.83 bits per heavy atom. The average molecular weight is 341 g/mol. The number of amides is 1. The first-order chi connectivity index (χ1) is 11.7. The number of rotatable bonds is 5. The SMILES string of the molecule is COc1ccc(OC)c(C(=O)Nc2nnc(-c3ccccc3)s2)c1. The van der Waals surface area contributed by atoms with Crippen LogP contribution in [-0.2, 0) is 0 Å². The van der Waals surface area contributed by atoms with E-state index in [1.54, 1.807) is 25.3 Å². The number of nitrogens with zero attached hydrogens (tertiary/aromatic N) is 2. The van der Waals surface area contributed by atoms with E-state index in [1.807, 2.05) is 30.3 Å². The summed E-state index contributed by atoms with van der Waals surface area (Å²) in [6.45, 7) is 0. The van der Waals surface area contributed by atoms with Crippen molar-refractivity contribution in [1.29, 1.82) is 0 Å². The molecule has 0 spiro atoms. The van der Waals surface area contributed by atoms with Crippen LogP contribution >= 0.6 is 11.3 Å². The van der Waals surface area contributed by atoms with Gasteiger partial charge in [-0.05, 0) is 18.2 Å². The lowest BCUT2D eigenvalue weighted by molar-refractivity contribution is 0.102. The summed E-state index contributed by atoms with van der Waals surface area (Å²) in [6.07, 6.45) is 0. The molecule has 0 aliphatic rings. The number of anilines is 1. The highest BCUT2D eigenvalue weighted by atomic mass is 32.1. The summed E-state index contributed by atoms with van der Waals surface area (Å²) in [7, 11) is 3.05. The van der Waals surface area contributed by atoms with Crippen molar-refractivity contribution in [2.45, 2.75) is 0 Å². The van der Waals surface area contributed by atoms with Gasteiger partial charge in [-0.25, -0.2) is 0 Å². The Bertz CT molecular complexity index is 849. The number of methoxy groups -OCH3 is 2. The van der Waals surface area contributed by atoms with Gasteiger partial charge in [-0.15, -0.1) is 10.2 Å². The summed E-state index contributed by atoms with van der Waals surface area (Å²) in [5.41, 5.74) is 1.32. The Hall–Kier alpha value is -2.93. The molecule has 6 nitrogen and oxygen atoms in total. The van der Waals surface area contributed by atoms with Gasteiger partial charge in [-0.1, -0.05) is 41.7 Å². The Morgan fingerprint density at radius 1 is 1.04 bits per heavy atom. The van der Waals surface area contributed by atoms with Crippen molar-refractivity contribution >= 4 is 22.4 Å². The summed E-state index contributed by atoms with van der Waals surface area (Å²) in [5.74, 6) is 0.700. The minimum atomic E-state index is -0.332. The molecule has 0 unspecified atom stereocenters. The maximum absolute atomic E-state index is 12.5. The molecule has 0 bridgehead atoms. The zero-order chi connectivity index (χ0) is 16.9. The quantitative estimate of drug-likeness (QED) is 0.769. The molecule has 0 atom stereocenters. The van der Waals surface area contributed by atoms with E-state index in [4.69, 9.17) is 9.47 Å². The minimum Gasteiger partial charge on any atom is -0.497 e. The van der Waals surface area contributed by atoms with E-state index >= 15 is 0 Å². The number of hydrogen-bond donors (Lipinski definition) is 1. The zero-order valence-corrected chi connectivity index (χ0v) is 14.0. The van der Waals surface area contributed by atoms with Crippen LogP contribution in [0.15, 0.2) is 48.5 Å². The molecule has 24 heavy (non-hydrogen) atoms. The molecular formula is C17H15N3O3S. The van der Waals surface area contributed by atoms with Crippen LogP contribution in [0.2, 0.25) is 0 Å². The first-order valence-corrected chi connectivity index (χ1v) is 7.95. The van der Waals surface area contributed by atoms with E-state index in [9.17, 15) is 4.79 Å². The van der Waals surface area contributed by atoms with E-state index in [0.717, 1.165) is 10.6 Å². The predicted octanol–water partition coefficient (Wildman–Crippen LogP) is 3.47. The van der Waals surface area contributed by atoms with Gasteiger partial charge in [-0.2, -0.15) is 0 Å². The van der Waals surface area contributed by atoms with Crippen molar-refractivity contribution < 1.29 is 14.3 Å². The van der Waals surface area contributed by atoms with Crippen molar-refractivity contribution in [3.63, 3.8) is 0 Å². The molecule has 0 saturated heterocycles. The molecule has 0 radical (unpaired) electrons. The number of carbonyl (C=O) groups excluding carboxylic acids is 1. The second-order valence-electron chi connectivity index (χ2n) is 4.80. The molecule has 1 aromatic heterocycles. The third-order valence-electron chi connectivity index (χ3n) is 3.32. The molecule has 1 amide bonds. The lowest BCUT2D eigenvalue weighted by Gasteiger charge is -2.09. The maximum atomic E-state index is 12.5. The van der Waals surface area contributed by atoms with Crippen molar-refractivity contribution in [3.05, 3.63) is 54.1 Å². The molecule has 122 valence electrons. The molecule has 2 aromatic carbocycles. The fraction of sp³-hybridized carbons (Fsp3) is 0.118. The summed E-state index contributed by atoms with van der Waals surface area (Å²) >= 11 is 1.31. The highest BCUT2D eigenvalue weighted by Gasteiger charge is 2.16. The molecule has 0 aliphatic carbocycles. The summed E-state index contributed by atoms with van der Waals surface area (Å²) in [6, 6.07) is 14.7. The van der Waals surface area contributed by atoms with E-state index < -0.39 is 0 Å². The smallest absolute Gasteiger partial charge is 0.261 e. The van der Waals surface area contributed by atoms with Crippen LogP contribution in [-0.4, -0.2) is 30.3 Å². The summed E-state index contributed by atoms with van der Waals surface area (Å²) < 4.78 is 10.4. The number of ether oxygens (including phenoxy) is 2. The number of benzene rings is 2. The number of nitrogens with one attached hydrogen (secondary N) is 1. The Morgan fingerprint density at radius 3 is 2.54 bits per heavy atom. The van der Waals surface area contributed by atoms with E-state index in [-0.39, 0.29) is 5.91 Å². The second-order valence-corrected chi connectivity index (χ2v) is 5.78. The van der Waals surface area contributed by atoms with Crippen LogP contribution in [0.1, 0.15) is 10.4 Å². The normalized spacial score (nSPS) is 10.2. The van der Waals surface area contributed by atoms with Crippen LogP contribution in [0.25, 0.3) is 10.6 Å². The Kier molecular flexibility index (Phi) is 4.72. The molecule has 3 aromatic rings. The highest BCUT2D eigenvalue weighted by Crippen LogP contribution is 2.28. The topological polar surface area (TPSA) is 73.3 Å². The summed E-state index contributed by atoms with van der Waals surface area (Å²) in [5, 5.41) is 12.0. The molecule has 1 N–H and O–H groups in total. The fourth-order valence-corrected chi connectivity index (χ4v) is 2.87. The Balaban J connectivity index is 1.82. The number of aromatic nitrogens is 2. The van der Waals surface area contributed by atoms with Crippen LogP contribution in [0.4, 0.5) is 5.13 Å². The van der Waals surface area contributed by atoms with E-state index in [1.165, 1.54) is 18.4 Å². The maximum Gasteiger partial charge on any atom is 0.261 e. The highest BCUT2D eigenvalue weighted by molar-refractivity contribution is 7.18. The molecule has 0 aliphatic heterocycles. The largest absolute Gasteiger partial charge is 0.497 e. The zero-order valence-electron chi connectivity index (χ0n) is 13.1. The fourth-order valence-electron chi connectivity index (χ4n) is 2.13. The standard InChI is InChI=1S/C17H15N3O3S/c1-22-12-8-9-14(23-2)13(10-12)15(21)18-17-20-19-16(24-17)11-6-4-3-5-7-11/h3-10H,1-2H3,(H,18,20,21). The first-order valence-electron chi connectivity index (χ1n) is 7.13. The van der Waals surface area contributed by atoms with Crippen LogP contribution in [0.5, 0.6) is 11.5 Å². The monoisotopic (exact) mass is 341 g/mol. The lowest BCUT2D eigenvalue weighted by Crippen LogP contribution is -2.13. The summed E-state index contributed by atoms with van der Waals surface area (Å²) in [4.78, 5) is 12.5. The second kappa shape index (κ2) is 7.10. The molecule has 0 saturated carbocycles. The molecule has 0 fully saturated rings. The Labute approximate surface area is 143 Å². The van der Waals surface area contributed by atoms with Gasteiger partial charge in [0.25, 0.3) is 5.91 Å². The number of carbonyl (C=O) groups is 1. The molecule has 7 heteroatoms. The average Bonchev–Trinajstić information content (AvgIpc) is 3.10. The third-order valence-corrected chi connectivity index (χ3v) is 4.21. The van der Waals surface area contributed by atoms with Crippen molar-refractivity contribution in [1.82, 2.24) is 10.2 Å². The van der Waals surface area contributed by atoms with Crippen LogP contribution in [0.3, 0.4) is 0 Å². The molecule has 1 heterocycles. The lowest BCUT2D eigenvalue weighted by atomic mass is 10.2. The first kappa shape index (κ1) is 15.9. The van der Waals surface area contributed by atoms with Crippen molar-refractivity contribution in [3.8, 4) is 22.1 Å². The molecule has 3 rings (SSSR count). The van der Waals surface area contributed by atoms with Gasteiger partial charge >= 0.3 is 0 Å². The van der Waals surface area contributed by atoms with Crippen LogP contribution in [0, 0.1) is 0 Å². The number of hydrogen-bond acceptors (Lipinski definition) is 6. The molecular weight excluding hydrogens is 326 g/mol. The van der Waals surface area contributed by atoms with Gasteiger partial charge in [0, 0.05) is 5.56 Å². The van der Waals surface area contributed by atoms with Crippen LogP contribution < -0.4 is 14.8 Å². The predicted molar refractivity (Wildman–Crippen MR) is 92.8 cm³/mol. The van der Waals surface area contributed by atoms with E-state index in [0.29, 0.717) is 22.2 Å². The van der Waals surface area contributed by atoms with Gasteiger partial charge in [0.1, 0.15) is 16.5 Å².